The lowest BCUT2D eigenvalue weighted by Gasteiger charge is -2.09. The van der Waals surface area contributed by atoms with Gasteiger partial charge in [-0.2, -0.15) is 10.5 Å². The van der Waals surface area contributed by atoms with Gasteiger partial charge in [-0.25, -0.2) is 0 Å². The highest BCUT2D eigenvalue weighted by Gasteiger charge is 2.12. The maximum absolute atomic E-state index is 12.4. The number of ether oxygens (including phenoxy) is 1. The molecule has 7 heteroatoms. The van der Waals surface area contributed by atoms with E-state index in [1.54, 1.807) is 43.3 Å². The minimum Gasteiger partial charge on any atom is -0.478 e. The zero-order chi connectivity index (χ0) is 19.1. The first-order chi connectivity index (χ1) is 12.5. The summed E-state index contributed by atoms with van der Waals surface area (Å²) in [5.74, 6) is 0.0551. The number of hydrogen-bond donors (Lipinski definition) is 1. The van der Waals surface area contributed by atoms with Crippen LogP contribution in [0.2, 0.25) is 5.02 Å². The first-order valence-corrected chi connectivity index (χ1v) is 8.89. The summed E-state index contributed by atoms with van der Waals surface area (Å²) < 4.78 is 6.05. The van der Waals surface area contributed by atoms with Gasteiger partial charge in [0.05, 0.1) is 3.57 Å². The van der Waals surface area contributed by atoms with Crippen molar-refractivity contribution in [2.24, 2.45) is 0 Å². The minimum atomic E-state index is -0.516. The third kappa shape index (κ3) is 4.98. The Bertz CT molecular complexity index is 958. The molecule has 0 spiro atoms. The highest BCUT2D eigenvalue weighted by Crippen LogP contribution is 2.25. The van der Waals surface area contributed by atoms with Crippen LogP contribution >= 0.6 is 34.2 Å². The summed E-state index contributed by atoms with van der Waals surface area (Å²) in [5.41, 5.74) is 1.92. The van der Waals surface area contributed by atoms with Crippen molar-refractivity contribution in [1.82, 2.24) is 0 Å². The zero-order valence-corrected chi connectivity index (χ0v) is 16.6. The molecule has 0 aliphatic heterocycles. The Morgan fingerprint density at radius 3 is 2.77 bits per heavy atom. The predicted octanol–water partition coefficient (Wildman–Crippen LogP) is 4.70. The van der Waals surface area contributed by atoms with E-state index in [0.29, 0.717) is 22.0 Å². The molecule has 0 unspecified atom stereocenters. The van der Waals surface area contributed by atoms with Gasteiger partial charge in [0.1, 0.15) is 23.5 Å². The first kappa shape index (κ1) is 19.8. The van der Waals surface area contributed by atoms with Gasteiger partial charge in [0.25, 0.3) is 5.91 Å². The Labute approximate surface area is 170 Å². The molecule has 1 N–H and O–H groups in total. The molecular formula is C19H13ClIN3O2. The summed E-state index contributed by atoms with van der Waals surface area (Å²) in [7, 11) is 0. The summed E-state index contributed by atoms with van der Waals surface area (Å²) in [6.45, 7) is 1.74. The van der Waals surface area contributed by atoms with Crippen LogP contribution in [0.3, 0.4) is 0 Å². The lowest BCUT2D eigenvalue weighted by atomic mass is 10.1. The number of nitriles is 2. The molecule has 0 saturated carbocycles. The van der Waals surface area contributed by atoms with Gasteiger partial charge in [0.2, 0.25) is 0 Å². The molecule has 0 atom stereocenters. The predicted molar refractivity (Wildman–Crippen MR) is 109 cm³/mol. The monoisotopic (exact) mass is 477 g/mol. The van der Waals surface area contributed by atoms with Crippen LogP contribution in [0.4, 0.5) is 5.69 Å². The number of amides is 1. The van der Waals surface area contributed by atoms with E-state index >= 15 is 0 Å². The highest BCUT2D eigenvalue weighted by atomic mass is 127. The Kier molecular flexibility index (Phi) is 7.02. The Morgan fingerprint density at radius 1 is 1.35 bits per heavy atom. The fourth-order valence-electron chi connectivity index (χ4n) is 2.08. The molecule has 2 aromatic rings. The quantitative estimate of drug-likeness (QED) is 0.384. The lowest BCUT2D eigenvalue weighted by Crippen LogP contribution is -2.14. The summed E-state index contributed by atoms with van der Waals surface area (Å²) in [5, 5.41) is 21.1. The van der Waals surface area contributed by atoms with Crippen molar-refractivity contribution < 1.29 is 9.53 Å². The molecule has 0 saturated heterocycles. The van der Waals surface area contributed by atoms with Crippen LogP contribution in [-0.2, 0) is 4.79 Å². The standard InChI is InChI=1S/C19H13ClIN3O2/c1-12-15(20)3-2-4-17(12)24-19(25)14(11-23)9-13-5-6-18(16(21)10-13)26-8-7-22/h2-6,9-10H,8H2,1H3,(H,24,25)/b14-9-. The van der Waals surface area contributed by atoms with E-state index in [0.717, 1.165) is 9.13 Å². The molecular weight excluding hydrogens is 465 g/mol. The second kappa shape index (κ2) is 9.23. The number of hydrogen-bond acceptors (Lipinski definition) is 4. The van der Waals surface area contributed by atoms with Gasteiger partial charge in [-0.3, -0.25) is 4.79 Å². The third-order valence-corrected chi connectivity index (χ3v) is 4.69. The van der Waals surface area contributed by atoms with E-state index < -0.39 is 5.91 Å². The van der Waals surface area contributed by atoms with E-state index in [2.05, 4.69) is 27.9 Å². The number of halogens is 2. The summed E-state index contributed by atoms with van der Waals surface area (Å²) >= 11 is 8.11. The van der Waals surface area contributed by atoms with Crippen molar-refractivity contribution in [2.75, 3.05) is 11.9 Å². The van der Waals surface area contributed by atoms with Crippen molar-refractivity contribution >= 4 is 51.9 Å². The zero-order valence-electron chi connectivity index (χ0n) is 13.7. The Morgan fingerprint density at radius 2 is 2.12 bits per heavy atom. The van der Waals surface area contributed by atoms with Gasteiger partial charge in [-0.15, -0.1) is 0 Å². The van der Waals surface area contributed by atoms with Gasteiger partial charge >= 0.3 is 0 Å². The Hall–Kier alpha value is -2.55. The third-order valence-electron chi connectivity index (χ3n) is 3.44. The van der Waals surface area contributed by atoms with Crippen LogP contribution in [0.15, 0.2) is 42.0 Å². The molecule has 0 fully saturated rings. The van der Waals surface area contributed by atoms with Gasteiger partial charge in [-0.1, -0.05) is 23.7 Å². The molecule has 2 rings (SSSR count). The molecule has 2 aromatic carbocycles. The number of nitrogens with zero attached hydrogens (tertiary/aromatic N) is 2. The van der Waals surface area contributed by atoms with Crippen molar-refractivity contribution in [1.29, 1.82) is 10.5 Å². The van der Waals surface area contributed by atoms with Gasteiger partial charge in [0, 0.05) is 10.7 Å². The van der Waals surface area contributed by atoms with E-state index in [9.17, 15) is 10.1 Å². The number of nitrogens with one attached hydrogen (secondary N) is 1. The van der Waals surface area contributed by atoms with Crippen LogP contribution < -0.4 is 10.1 Å². The largest absolute Gasteiger partial charge is 0.478 e. The van der Waals surface area contributed by atoms with Crippen LogP contribution in [-0.4, -0.2) is 12.5 Å². The highest BCUT2D eigenvalue weighted by molar-refractivity contribution is 14.1. The molecule has 130 valence electrons. The molecule has 0 aliphatic carbocycles. The molecule has 0 aromatic heterocycles. The summed E-state index contributed by atoms with van der Waals surface area (Å²) in [6, 6.07) is 14.2. The first-order valence-electron chi connectivity index (χ1n) is 7.44. The molecule has 1 amide bonds. The number of benzene rings is 2. The van der Waals surface area contributed by atoms with Crippen molar-refractivity contribution in [3.05, 3.63) is 61.7 Å². The van der Waals surface area contributed by atoms with Crippen molar-refractivity contribution in [3.63, 3.8) is 0 Å². The molecule has 5 nitrogen and oxygen atoms in total. The fraction of sp³-hybridized carbons (Fsp3) is 0.105. The van der Waals surface area contributed by atoms with Crippen LogP contribution in [0.1, 0.15) is 11.1 Å². The normalized spacial score (nSPS) is 10.6. The molecule has 0 heterocycles. The van der Waals surface area contributed by atoms with Gasteiger partial charge < -0.3 is 10.1 Å². The van der Waals surface area contributed by atoms with Crippen LogP contribution in [0.5, 0.6) is 5.75 Å². The molecule has 26 heavy (non-hydrogen) atoms. The second-order valence-electron chi connectivity index (χ2n) is 5.17. The van der Waals surface area contributed by atoms with E-state index in [-0.39, 0.29) is 12.2 Å². The lowest BCUT2D eigenvalue weighted by molar-refractivity contribution is -0.112. The van der Waals surface area contributed by atoms with Gasteiger partial charge in [0.15, 0.2) is 6.61 Å². The van der Waals surface area contributed by atoms with Crippen LogP contribution in [0, 0.1) is 33.2 Å². The second-order valence-corrected chi connectivity index (χ2v) is 6.74. The van der Waals surface area contributed by atoms with Crippen LogP contribution in [0.25, 0.3) is 6.08 Å². The topological polar surface area (TPSA) is 85.9 Å². The minimum absolute atomic E-state index is 0.0362. The smallest absolute Gasteiger partial charge is 0.266 e. The van der Waals surface area contributed by atoms with E-state index in [4.69, 9.17) is 21.6 Å². The SMILES string of the molecule is Cc1c(Cl)cccc1NC(=O)/C(C#N)=C\c1ccc(OCC#N)c(I)c1. The number of carbonyl (C=O) groups excluding carboxylic acids is 1. The van der Waals surface area contributed by atoms with E-state index in [1.165, 1.54) is 6.08 Å². The van der Waals surface area contributed by atoms with Crippen molar-refractivity contribution in [2.45, 2.75) is 6.92 Å². The Balaban J connectivity index is 2.23. The maximum atomic E-state index is 12.4. The van der Waals surface area contributed by atoms with E-state index in [1.807, 2.05) is 12.1 Å². The molecule has 0 radical (unpaired) electrons. The number of anilines is 1. The average molecular weight is 478 g/mol. The maximum Gasteiger partial charge on any atom is 0.266 e. The number of rotatable bonds is 5. The number of carbonyl (C=O) groups is 1. The molecule has 0 aliphatic rings. The molecule has 0 bridgehead atoms. The summed E-state index contributed by atoms with van der Waals surface area (Å²) in [4.78, 5) is 12.4. The summed E-state index contributed by atoms with van der Waals surface area (Å²) in [6.07, 6.45) is 1.49. The average Bonchev–Trinajstić information content (AvgIpc) is 2.62. The van der Waals surface area contributed by atoms with Crippen molar-refractivity contribution in [3.8, 4) is 17.9 Å². The van der Waals surface area contributed by atoms with Gasteiger partial charge in [-0.05, 0) is 71.0 Å². The fourth-order valence-corrected chi connectivity index (χ4v) is 2.95.